The van der Waals surface area contributed by atoms with Crippen LogP contribution in [-0.2, 0) is 11.3 Å². The van der Waals surface area contributed by atoms with Gasteiger partial charge in [0.2, 0.25) is 0 Å². The summed E-state index contributed by atoms with van der Waals surface area (Å²) in [7, 11) is 0. The maximum absolute atomic E-state index is 10.3. The Morgan fingerprint density at radius 2 is 2.00 bits per heavy atom. The van der Waals surface area contributed by atoms with Crippen molar-refractivity contribution in [1.82, 2.24) is 5.01 Å². The minimum Gasteiger partial charge on any atom is -0.480 e. The standard InChI is InChI=1S/C9H10N2O3/c12-9(13)7-11(10-14)6-8-4-2-1-3-5-8/h1-5H,6-7H2,(H,12,13). The highest BCUT2D eigenvalue weighted by Crippen LogP contribution is 2.03. The van der Waals surface area contributed by atoms with E-state index in [4.69, 9.17) is 5.11 Å². The van der Waals surface area contributed by atoms with Gasteiger partial charge < -0.3 is 5.11 Å². The molecule has 0 saturated heterocycles. The minimum absolute atomic E-state index is 0.219. The zero-order chi connectivity index (χ0) is 10.4. The van der Waals surface area contributed by atoms with Crippen molar-refractivity contribution in [3.63, 3.8) is 0 Å². The lowest BCUT2D eigenvalue weighted by Crippen LogP contribution is -2.23. The maximum Gasteiger partial charge on any atom is 0.325 e. The lowest BCUT2D eigenvalue weighted by Gasteiger charge is -2.11. The van der Waals surface area contributed by atoms with Crippen molar-refractivity contribution in [1.29, 1.82) is 0 Å². The van der Waals surface area contributed by atoms with E-state index in [-0.39, 0.29) is 13.1 Å². The molecule has 5 heteroatoms. The molecule has 5 nitrogen and oxygen atoms in total. The van der Waals surface area contributed by atoms with Gasteiger partial charge in [-0.2, -0.15) is 0 Å². The summed E-state index contributed by atoms with van der Waals surface area (Å²) in [5, 5.41) is 12.0. The molecule has 1 aromatic carbocycles. The first-order chi connectivity index (χ1) is 6.72. The van der Waals surface area contributed by atoms with Gasteiger partial charge in [-0.3, -0.25) is 4.79 Å². The maximum atomic E-state index is 10.3. The summed E-state index contributed by atoms with van der Waals surface area (Å²) < 4.78 is 0. The quantitative estimate of drug-likeness (QED) is 0.565. The predicted molar refractivity (Wildman–Crippen MR) is 50.3 cm³/mol. The molecule has 0 fully saturated rings. The fraction of sp³-hybridized carbons (Fsp3) is 0.222. The van der Waals surface area contributed by atoms with Crippen LogP contribution in [0.1, 0.15) is 5.56 Å². The zero-order valence-corrected chi connectivity index (χ0v) is 7.46. The van der Waals surface area contributed by atoms with E-state index in [0.29, 0.717) is 0 Å². The molecule has 1 aromatic rings. The summed E-state index contributed by atoms with van der Waals surface area (Å²) >= 11 is 0. The van der Waals surface area contributed by atoms with E-state index < -0.39 is 5.97 Å². The lowest BCUT2D eigenvalue weighted by atomic mass is 10.2. The zero-order valence-electron chi connectivity index (χ0n) is 7.46. The van der Waals surface area contributed by atoms with Crippen LogP contribution in [0.5, 0.6) is 0 Å². The third-order valence-electron chi connectivity index (χ3n) is 1.64. The summed E-state index contributed by atoms with van der Waals surface area (Å²) in [6, 6.07) is 9.09. The van der Waals surface area contributed by atoms with E-state index in [9.17, 15) is 9.70 Å². The van der Waals surface area contributed by atoms with Gasteiger partial charge in [-0.05, 0) is 5.56 Å². The second-order valence-electron chi connectivity index (χ2n) is 2.78. The largest absolute Gasteiger partial charge is 0.480 e. The van der Waals surface area contributed by atoms with Gasteiger partial charge in [0.25, 0.3) is 0 Å². The number of carboxylic acid groups (broad SMARTS) is 1. The molecular formula is C9H10N2O3. The normalized spacial score (nSPS) is 9.43. The van der Waals surface area contributed by atoms with Gasteiger partial charge in [0.1, 0.15) is 6.54 Å². The molecule has 0 bridgehead atoms. The van der Waals surface area contributed by atoms with Crippen LogP contribution in [0.25, 0.3) is 0 Å². The summed E-state index contributed by atoms with van der Waals surface area (Å²) in [4.78, 5) is 20.6. The topological polar surface area (TPSA) is 70.0 Å². The van der Waals surface area contributed by atoms with Gasteiger partial charge in [-0.15, -0.1) is 4.91 Å². The van der Waals surface area contributed by atoms with Crippen molar-refractivity contribution in [2.45, 2.75) is 6.54 Å². The Labute approximate surface area is 80.9 Å². The van der Waals surface area contributed by atoms with Crippen LogP contribution in [0, 0.1) is 4.91 Å². The van der Waals surface area contributed by atoms with Gasteiger partial charge in [-0.25, -0.2) is 5.01 Å². The van der Waals surface area contributed by atoms with Gasteiger partial charge in [0, 0.05) is 0 Å². The molecule has 0 radical (unpaired) electrons. The monoisotopic (exact) mass is 194 g/mol. The first-order valence-electron chi connectivity index (χ1n) is 4.06. The SMILES string of the molecule is O=NN(CC(=O)O)Cc1ccccc1. The Morgan fingerprint density at radius 1 is 1.36 bits per heavy atom. The molecule has 0 aliphatic rings. The number of carboxylic acids is 1. The third kappa shape index (κ3) is 3.22. The first-order valence-corrected chi connectivity index (χ1v) is 4.06. The molecule has 0 aliphatic carbocycles. The molecule has 14 heavy (non-hydrogen) atoms. The van der Waals surface area contributed by atoms with Crippen molar-refractivity contribution in [2.24, 2.45) is 5.29 Å². The molecule has 0 aromatic heterocycles. The van der Waals surface area contributed by atoms with Crippen LogP contribution in [0.15, 0.2) is 35.6 Å². The van der Waals surface area contributed by atoms with Gasteiger partial charge in [0.05, 0.1) is 11.8 Å². The lowest BCUT2D eigenvalue weighted by molar-refractivity contribution is -0.138. The van der Waals surface area contributed by atoms with Crippen LogP contribution in [0.3, 0.4) is 0 Å². The van der Waals surface area contributed by atoms with Crippen molar-refractivity contribution in [2.75, 3.05) is 6.54 Å². The average molecular weight is 194 g/mol. The predicted octanol–water partition coefficient (Wildman–Crippen LogP) is 1.25. The molecule has 0 amide bonds. The number of benzene rings is 1. The Bertz CT molecular complexity index is 313. The summed E-state index contributed by atoms with van der Waals surface area (Å²) in [5.74, 6) is -1.07. The number of nitrogens with zero attached hydrogens (tertiary/aromatic N) is 2. The van der Waals surface area contributed by atoms with E-state index in [0.717, 1.165) is 10.6 Å². The molecule has 0 heterocycles. The smallest absolute Gasteiger partial charge is 0.325 e. The Morgan fingerprint density at radius 3 is 2.50 bits per heavy atom. The van der Waals surface area contributed by atoms with E-state index in [2.05, 4.69) is 5.29 Å². The Kier molecular flexibility index (Phi) is 3.60. The van der Waals surface area contributed by atoms with Crippen LogP contribution >= 0.6 is 0 Å². The number of aliphatic carboxylic acids is 1. The van der Waals surface area contributed by atoms with Crippen molar-refractivity contribution < 1.29 is 9.90 Å². The molecule has 1 N–H and O–H groups in total. The summed E-state index contributed by atoms with van der Waals surface area (Å²) in [6.07, 6.45) is 0. The molecule has 0 atom stereocenters. The van der Waals surface area contributed by atoms with Gasteiger partial charge in [-0.1, -0.05) is 30.3 Å². The van der Waals surface area contributed by atoms with Crippen LogP contribution in [0.2, 0.25) is 0 Å². The molecule has 0 spiro atoms. The van der Waals surface area contributed by atoms with E-state index in [1.54, 1.807) is 12.1 Å². The highest BCUT2D eigenvalue weighted by atomic mass is 16.4. The van der Waals surface area contributed by atoms with Crippen LogP contribution in [-0.4, -0.2) is 22.6 Å². The average Bonchev–Trinajstić information content (AvgIpc) is 2.17. The molecule has 0 aliphatic heterocycles. The van der Waals surface area contributed by atoms with Gasteiger partial charge >= 0.3 is 5.97 Å². The summed E-state index contributed by atoms with van der Waals surface area (Å²) in [5.41, 5.74) is 0.855. The second-order valence-corrected chi connectivity index (χ2v) is 2.78. The highest BCUT2D eigenvalue weighted by molar-refractivity contribution is 5.68. The first kappa shape index (κ1) is 10.2. The van der Waals surface area contributed by atoms with Crippen LogP contribution in [0.4, 0.5) is 0 Å². The number of carbonyl (C=O) groups is 1. The minimum atomic E-state index is -1.07. The van der Waals surface area contributed by atoms with E-state index in [1.165, 1.54) is 0 Å². The molecule has 0 saturated carbocycles. The number of hydrogen-bond donors (Lipinski definition) is 1. The summed E-state index contributed by atoms with van der Waals surface area (Å²) in [6.45, 7) is -0.158. The number of nitroso groups, excluding NO2 is 1. The van der Waals surface area contributed by atoms with Crippen molar-refractivity contribution in [3.05, 3.63) is 40.8 Å². The van der Waals surface area contributed by atoms with Crippen molar-refractivity contribution >= 4 is 5.97 Å². The molecule has 74 valence electrons. The highest BCUT2D eigenvalue weighted by Gasteiger charge is 2.08. The van der Waals surface area contributed by atoms with E-state index >= 15 is 0 Å². The fourth-order valence-electron chi connectivity index (χ4n) is 1.06. The fourth-order valence-corrected chi connectivity index (χ4v) is 1.06. The second kappa shape index (κ2) is 4.96. The number of hydrogen-bond acceptors (Lipinski definition) is 3. The molecule has 0 unspecified atom stereocenters. The van der Waals surface area contributed by atoms with Gasteiger partial charge in [0.15, 0.2) is 0 Å². The van der Waals surface area contributed by atoms with E-state index in [1.807, 2.05) is 18.2 Å². The Hall–Kier alpha value is -1.91. The van der Waals surface area contributed by atoms with Crippen LogP contribution < -0.4 is 0 Å². The third-order valence-corrected chi connectivity index (χ3v) is 1.64. The molecule has 1 rings (SSSR count). The Balaban J connectivity index is 2.57. The number of rotatable bonds is 5. The van der Waals surface area contributed by atoms with Crippen molar-refractivity contribution in [3.8, 4) is 0 Å². The molecular weight excluding hydrogens is 184 g/mol.